The predicted octanol–water partition coefficient (Wildman–Crippen LogP) is 14.1. The van der Waals surface area contributed by atoms with Crippen LogP contribution >= 0.6 is 0 Å². The van der Waals surface area contributed by atoms with Gasteiger partial charge in [0, 0.05) is 22.5 Å². The van der Waals surface area contributed by atoms with E-state index in [1.54, 1.807) is 0 Å². The van der Waals surface area contributed by atoms with Gasteiger partial charge in [0.05, 0.1) is 0 Å². The molecule has 320 valence electrons. The van der Waals surface area contributed by atoms with Crippen LogP contribution in [-0.4, -0.2) is 8.07 Å². The van der Waals surface area contributed by atoms with Crippen molar-refractivity contribution < 1.29 is 0 Å². The zero-order chi connectivity index (χ0) is 44.2. The fourth-order valence-corrected chi connectivity index (χ4v) is 17.3. The van der Waals surface area contributed by atoms with Crippen LogP contribution in [0.4, 0.5) is 17.1 Å². The molecular formula is C64H55NSi. The quantitative estimate of drug-likeness (QED) is 0.0978. The summed E-state index contributed by atoms with van der Waals surface area (Å²) in [5.41, 5.74) is 15.3. The molecule has 0 aromatic heterocycles. The molecule has 3 atom stereocenters. The van der Waals surface area contributed by atoms with E-state index in [-0.39, 0.29) is 5.41 Å². The van der Waals surface area contributed by atoms with Crippen molar-refractivity contribution in [3.63, 3.8) is 0 Å². The van der Waals surface area contributed by atoms with Crippen LogP contribution in [0.1, 0.15) is 62.1 Å². The Bertz CT molecular complexity index is 3040. The lowest BCUT2D eigenvalue weighted by Gasteiger charge is -2.35. The van der Waals surface area contributed by atoms with E-state index in [1.807, 2.05) is 0 Å². The molecule has 3 aliphatic carbocycles. The highest BCUT2D eigenvalue weighted by Crippen LogP contribution is 2.55. The van der Waals surface area contributed by atoms with Crippen molar-refractivity contribution in [1.29, 1.82) is 0 Å². The molecule has 0 radical (unpaired) electrons. The monoisotopic (exact) mass is 865 g/mol. The third kappa shape index (κ3) is 6.73. The molecule has 3 unspecified atom stereocenters. The SMILES string of the molecule is CC1(C)c2cc(N(c3ccc(C4CC5CCC4C5)cc3)c3ccc([Si](c4ccccc4)(c4ccccc4)c4ccccc4)cc3)ccc2-c2c(-c3ccc(-c4ccccc4)cc3)cccc21. The first-order valence-electron chi connectivity index (χ1n) is 24.1. The summed E-state index contributed by atoms with van der Waals surface area (Å²) in [5.74, 6) is 2.46. The first kappa shape index (κ1) is 40.5. The third-order valence-corrected chi connectivity index (χ3v) is 20.5. The lowest BCUT2D eigenvalue weighted by atomic mass is 9.81. The Morgan fingerprint density at radius 1 is 0.409 bits per heavy atom. The van der Waals surface area contributed by atoms with Crippen molar-refractivity contribution >= 4 is 45.9 Å². The largest absolute Gasteiger partial charge is 0.310 e. The summed E-state index contributed by atoms with van der Waals surface area (Å²) in [6.07, 6.45) is 5.58. The molecule has 2 fully saturated rings. The van der Waals surface area contributed by atoms with Crippen LogP contribution in [0.5, 0.6) is 0 Å². The van der Waals surface area contributed by atoms with E-state index in [0.717, 1.165) is 17.5 Å². The van der Waals surface area contributed by atoms with Crippen LogP contribution < -0.4 is 25.6 Å². The van der Waals surface area contributed by atoms with Gasteiger partial charge in [-0.3, -0.25) is 0 Å². The van der Waals surface area contributed by atoms with Crippen LogP contribution in [-0.2, 0) is 5.41 Å². The second kappa shape index (κ2) is 16.5. The van der Waals surface area contributed by atoms with Gasteiger partial charge in [-0.1, -0.05) is 214 Å². The molecule has 2 bridgehead atoms. The average molecular weight is 866 g/mol. The highest BCUT2D eigenvalue weighted by Gasteiger charge is 2.43. The number of benzene rings is 9. The molecule has 0 saturated heterocycles. The van der Waals surface area contributed by atoms with Crippen LogP contribution in [0.2, 0.25) is 0 Å². The normalized spacial score (nSPS) is 17.9. The van der Waals surface area contributed by atoms with E-state index >= 15 is 0 Å². The lowest BCUT2D eigenvalue weighted by molar-refractivity contribution is 0.420. The van der Waals surface area contributed by atoms with Crippen molar-refractivity contribution in [2.45, 2.75) is 50.9 Å². The molecule has 9 aromatic carbocycles. The second-order valence-corrected chi connectivity index (χ2v) is 23.4. The summed E-state index contributed by atoms with van der Waals surface area (Å²) < 4.78 is 0. The van der Waals surface area contributed by atoms with Crippen LogP contribution in [0.3, 0.4) is 0 Å². The molecule has 3 aliphatic rings. The molecule has 0 aliphatic heterocycles. The van der Waals surface area contributed by atoms with Gasteiger partial charge in [-0.25, -0.2) is 0 Å². The Hall–Kier alpha value is -7.00. The molecule has 0 spiro atoms. The van der Waals surface area contributed by atoms with Gasteiger partial charge in [0.25, 0.3) is 0 Å². The first-order valence-corrected chi connectivity index (χ1v) is 26.1. The van der Waals surface area contributed by atoms with Crippen LogP contribution in [0.15, 0.2) is 231 Å². The molecule has 1 nitrogen and oxygen atoms in total. The van der Waals surface area contributed by atoms with Crippen molar-refractivity contribution in [2.75, 3.05) is 4.90 Å². The number of fused-ring (bicyclic) bond motifs is 5. The van der Waals surface area contributed by atoms with E-state index < -0.39 is 8.07 Å². The zero-order valence-electron chi connectivity index (χ0n) is 37.9. The van der Waals surface area contributed by atoms with Gasteiger partial charge in [-0.15, -0.1) is 0 Å². The van der Waals surface area contributed by atoms with E-state index in [1.165, 1.54) is 108 Å². The van der Waals surface area contributed by atoms with Gasteiger partial charge in [0.1, 0.15) is 0 Å². The maximum absolute atomic E-state index is 2.69. The highest BCUT2D eigenvalue weighted by atomic mass is 28.3. The maximum Gasteiger partial charge on any atom is 0.179 e. The molecular weight excluding hydrogens is 811 g/mol. The fourth-order valence-electron chi connectivity index (χ4n) is 12.5. The number of rotatable bonds is 10. The number of hydrogen-bond donors (Lipinski definition) is 0. The highest BCUT2D eigenvalue weighted by molar-refractivity contribution is 7.19. The molecule has 12 rings (SSSR count). The summed E-state index contributed by atoms with van der Waals surface area (Å²) in [5, 5.41) is 5.52. The standard InChI is InChI=1S/C64H55NSi/c1-64(2)61-25-15-24-58(48-30-28-47(29-31-48)46-16-7-3-8-17-46)63(61)59-41-38-53(44-62(59)64)65(51-34-32-49(33-35-51)60-43-45-26-27-50(60)42-45)52-36-39-57(40-37-52)66(54-18-9-4-10-19-54,55-20-11-5-12-21-55)56-22-13-6-14-23-56/h3-25,28-41,44-45,50,60H,26-27,42-43H2,1-2H3. The van der Waals surface area contributed by atoms with Gasteiger partial charge in [0.2, 0.25) is 0 Å². The first-order chi connectivity index (χ1) is 32.5. The van der Waals surface area contributed by atoms with Gasteiger partial charge in [-0.05, 0) is 144 Å². The molecule has 66 heavy (non-hydrogen) atoms. The summed E-state index contributed by atoms with van der Waals surface area (Å²) in [6.45, 7) is 4.82. The Balaban J connectivity index is 0.982. The van der Waals surface area contributed by atoms with E-state index in [2.05, 4.69) is 249 Å². The van der Waals surface area contributed by atoms with Crippen molar-refractivity contribution in [3.05, 3.63) is 247 Å². The van der Waals surface area contributed by atoms with Crippen LogP contribution in [0.25, 0.3) is 33.4 Å². The molecule has 0 amide bonds. The number of anilines is 3. The molecule has 0 N–H and O–H groups in total. The summed E-state index contributed by atoms with van der Waals surface area (Å²) in [4.78, 5) is 2.51. The number of hydrogen-bond acceptors (Lipinski definition) is 1. The predicted molar refractivity (Wildman–Crippen MR) is 281 cm³/mol. The van der Waals surface area contributed by atoms with Crippen molar-refractivity contribution in [1.82, 2.24) is 0 Å². The van der Waals surface area contributed by atoms with Gasteiger partial charge < -0.3 is 4.90 Å². The molecule has 9 aromatic rings. The Kier molecular flexibility index (Phi) is 10.1. The summed E-state index contributed by atoms with van der Waals surface area (Å²) in [7, 11) is -2.69. The summed E-state index contributed by atoms with van der Waals surface area (Å²) in [6, 6.07) is 87.1. The fraction of sp³-hybridized carbons (Fsp3) is 0.156. The lowest BCUT2D eigenvalue weighted by Crippen LogP contribution is -2.74. The minimum atomic E-state index is -2.69. The smallest absolute Gasteiger partial charge is 0.179 e. The Labute approximate surface area is 392 Å². The molecule has 2 heteroatoms. The van der Waals surface area contributed by atoms with Crippen molar-refractivity contribution in [3.8, 4) is 33.4 Å². The van der Waals surface area contributed by atoms with Gasteiger partial charge in [-0.2, -0.15) is 0 Å². The van der Waals surface area contributed by atoms with E-state index in [4.69, 9.17) is 0 Å². The van der Waals surface area contributed by atoms with Gasteiger partial charge >= 0.3 is 0 Å². The van der Waals surface area contributed by atoms with Crippen molar-refractivity contribution in [2.24, 2.45) is 11.8 Å². The third-order valence-electron chi connectivity index (χ3n) is 15.7. The minimum Gasteiger partial charge on any atom is -0.310 e. The van der Waals surface area contributed by atoms with Crippen LogP contribution in [0, 0.1) is 11.8 Å². The minimum absolute atomic E-state index is 0.186. The van der Waals surface area contributed by atoms with Gasteiger partial charge in [0.15, 0.2) is 8.07 Å². The topological polar surface area (TPSA) is 3.24 Å². The van der Waals surface area contributed by atoms with E-state index in [0.29, 0.717) is 5.92 Å². The number of nitrogens with zero attached hydrogens (tertiary/aromatic N) is 1. The zero-order valence-corrected chi connectivity index (χ0v) is 38.9. The molecule has 2 saturated carbocycles. The second-order valence-electron chi connectivity index (χ2n) is 19.6. The summed E-state index contributed by atoms with van der Waals surface area (Å²) >= 11 is 0. The maximum atomic E-state index is 2.51. The average Bonchev–Trinajstić information content (AvgIpc) is 4.09. The Morgan fingerprint density at radius 3 is 1.48 bits per heavy atom. The Morgan fingerprint density at radius 2 is 0.924 bits per heavy atom. The van der Waals surface area contributed by atoms with E-state index in [9.17, 15) is 0 Å². The molecule has 0 heterocycles.